The zero-order chi connectivity index (χ0) is 30.9. The molecular formula is C34H33N7O3S. The molecule has 2 aliphatic heterocycles. The minimum atomic E-state index is -0.794. The predicted octanol–water partition coefficient (Wildman–Crippen LogP) is 4.51. The van der Waals surface area contributed by atoms with Crippen LogP contribution >= 0.6 is 11.3 Å². The summed E-state index contributed by atoms with van der Waals surface area (Å²) in [6, 6.07) is 22.5. The number of thiazole rings is 1. The van der Waals surface area contributed by atoms with Crippen LogP contribution in [0.2, 0.25) is 0 Å². The first kappa shape index (κ1) is 28.8. The standard InChI is InChI=1S/C34H33N7O3S/c1-2-15-39-21-31(42)40-28(17-24-11-12-27-25(16-24)13-14-35-27)33(43)38(19-26-9-6-10-29-32(26)37-22-45-29)20-30(40)41(39)34(44)36-18-23-7-4-3-5-8-23/h2-14,16,22,28,30,35H,1,15,17-21H2,(H,36,44)/t28-,30-/m0/s1. The Hall–Kier alpha value is -5.00. The average molecular weight is 620 g/mol. The molecule has 2 fully saturated rings. The first-order chi connectivity index (χ1) is 22.0. The number of piperazine rings is 1. The molecule has 45 heavy (non-hydrogen) atoms. The maximum Gasteiger partial charge on any atom is 0.334 e. The van der Waals surface area contributed by atoms with Crippen molar-refractivity contribution in [2.75, 3.05) is 19.6 Å². The van der Waals surface area contributed by atoms with Crippen molar-refractivity contribution in [2.45, 2.75) is 31.7 Å². The minimum absolute atomic E-state index is 0.0416. The number of carbonyl (C=O) groups is 3. The normalized spacial score (nSPS) is 18.9. The van der Waals surface area contributed by atoms with E-state index in [-0.39, 0.29) is 30.9 Å². The Morgan fingerprint density at radius 3 is 2.78 bits per heavy atom. The second-order valence-electron chi connectivity index (χ2n) is 11.4. The van der Waals surface area contributed by atoms with Crippen LogP contribution < -0.4 is 5.32 Å². The molecule has 10 nitrogen and oxygen atoms in total. The summed E-state index contributed by atoms with van der Waals surface area (Å²) >= 11 is 1.55. The molecule has 2 aliphatic rings. The number of urea groups is 1. The summed E-state index contributed by atoms with van der Waals surface area (Å²) in [5, 5.41) is 7.40. The Morgan fingerprint density at radius 1 is 1.07 bits per heavy atom. The largest absolute Gasteiger partial charge is 0.361 e. The number of rotatable bonds is 8. The van der Waals surface area contributed by atoms with Crippen LogP contribution in [0.5, 0.6) is 0 Å². The molecule has 228 valence electrons. The van der Waals surface area contributed by atoms with Crippen LogP contribution in [-0.2, 0) is 29.1 Å². The fraction of sp³-hybridized carbons (Fsp3) is 0.235. The van der Waals surface area contributed by atoms with E-state index in [4.69, 9.17) is 0 Å². The van der Waals surface area contributed by atoms with Crippen LogP contribution in [0.3, 0.4) is 0 Å². The second-order valence-corrected chi connectivity index (χ2v) is 12.2. The molecule has 3 aromatic carbocycles. The second kappa shape index (κ2) is 12.2. The average Bonchev–Trinajstić information content (AvgIpc) is 3.73. The summed E-state index contributed by atoms with van der Waals surface area (Å²) in [7, 11) is 0. The lowest BCUT2D eigenvalue weighted by molar-refractivity contribution is -0.189. The summed E-state index contributed by atoms with van der Waals surface area (Å²) in [6.07, 6.45) is 3.17. The van der Waals surface area contributed by atoms with Crippen LogP contribution in [0, 0.1) is 0 Å². The van der Waals surface area contributed by atoms with Gasteiger partial charge in [0.05, 0.1) is 28.8 Å². The topological polar surface area (TPSA) is 105 Å². The van der Waals surface area contributed by atoms with E-state index >= 15 is 0 Å². The molecule has 0 saturated carbocycles. The number of aromatic nitrogens is 2. The summed E-state index contributed by atoms with van der Waals surface area (Å²) in [5.74, 6) is -0.348. The highest BCUT2D eigenvalue weighted by atomic mass is 32.1. The van der Waals surface area contributed by atoms with Gasteiger partial charge in [0.1, 0.15) is 12.2 Å². The number of carbonyl (C=O) groups excluding carboxylic acids is 3. The van der Waals surface area contributed by atoms with Gasteiger partial charge in [0.25, 0.3) is 0 Å². The van der Waals surface area contributed by atoms with E-state index in [1.807, 2.05) is 79.0 Å². The molecule has 0 bridgehead atoms. The number of para-hydroxylation sites is 1. The van der Waals surface area contributed by atoms with Gasteiger partial charge in [-0.3, -0.25) is 9.59 Å². The lowest BCUT2D eigenvalue weighted by Crippen LogP contribution is -2.76. The monoisotopic (exact) mass is 619 g/mol. The molecule has 0 aliphatic carbocycles. The van der Waals surface area contributed by atoms with Crippen molar-refractivity contribution in [1.29, 1.82) is 0 Å². The molecule has 0 spiro atoms. The minimum Gasteiger partial charge on any atom is -0.361 e. The number of aromatic amines is 1. The molecule has 11 heteroatoms. The van der Waals surface area contributed by atoms with Gasteiger partial charge < -0.3 is 20.1 Å². The number of nitrogens with one attached hydrogen (secondary N) is 2. The first-order valence-electron chi connectivity index (χ1n) is 14.9. The van der Waals surface area contributed by atoms with Gasteiger partial charge in [-0.15, -0.1) is 17.9 Å². The summed E-state index contributed by atoms with van der Waals surface area (Å²) in [5.41, 5.74) is 6.48. The summed E-state index contributed by atoms with van der Waals surface area (Å²) in [4.78, 5) is 53.4. The van der Waals surface area contributed by atoms with Crippen molar-refractivity contribution in [1.82, 2.24) is 35.1 Å². The van der Waals surface area contributed by atoms with E-state index < -0.39 is 12.2 Å². The smallest absolute Gasteiger partial charge is 0.334 e. The Bertz CT molecular complexity index is 1890. The lowest BCUT2D eigenvalue weighted by atomic mass is 9.97. The molecule has 0 radical (unpaired) electrons. The quantitative estimate of drug-likeness (QED) is 0.249. The Morgan fingerprint density at radius 2 is 1.93 bits per heavy atom. The molecule has 2 N–H and O–H groups in total. The number of amides is 4. The fourth-order valence-electron chi connectivity index (χ4n) is 6.43. The van der Waals surface area contributed by atoms with E-state index in [0.29, 0.717) is 26.1 Å². The van der Waals surface area contributed by atoms with Gasteiger partial charge in [-0.25, -0.2) is 19.8 Å². The van der Waals surface area contributed by atoms with Crippen molar-refractivity contribution < 1.29 is 14.4 Å². The maximum absolute atomic E-state index is 14.4. The van der Waals surface area contributed by atoms with E-state index in [1.165, 1.54) is 0 Å². The van der Waals surface area contributed by atoms with Crippen molar-refractivity contribution in [3.05, 3.63) is 114 Å². The molecule has 4 heterocycles. The zero-order valence-corrected chi connectivity index (χ0v) is 25.5. The SMILES string of the molecule is C=CCN1CC(=O)N2[C@@H](Cc3ccc4[nH]ccc4c3)C(=O)N(Cc3cccc4scnc34)C[C@@H]2N1C(=O)NCc1ccccc1. The van der Waals surface area contributed by atoms with Crippen molar-refractivity contribution >= 4 is 50.3 Å². The summed E-state index contributed by atoms with van der Waals surface area (Å²) < 4.78 is 1.04. The summed E-state index contributed by atoms with van der Waals surface area (Å²) in [6.45, 7) is 4.93. The van der Waals surface area contributed by atoms with Gasteiger partial charge in [0, 0.05) is 37.8 Å². The molecular weight excluding hydrogens is 586 g/mol. The van der Waals surface area contributed by atoms with Crippen molar-refractivity contribution in [3.63, 3.8) is 0 Å². The van der Waals surface area contributed by atoms with E-state index in [0.717, 1.165) is 37.8 Å². The number of hydrogen-bond acceptors (Lipinski definition) is 6. The Labute approximate surface area is 264 Å². The number of benzene rings is 3. The first-order valence-corrected chi connectivity index (χ1v) is 15.8. The fourth-order valence-corrected chi connectivity index (χ4v) is 7.15. The highest BCUT2D eigenvalue weighted by molar-refractivity contribution is 7.16. The van der Waals surface area contributed by atoms with Gasteiger partial charge in [-0.05, 0) is 46.3 Å². The molecule has 5 aromatic rings. The number of hydrazine groups is 1. The third kappa shape index (κ3) is 5.56. The third-order valence-electron chi connectivity index (χ3n) is 8.52. The molecule has 7 rings (SSSR count). The highest BCUT2D eigenvalue weighted by Gasteiger charge is 2.51. The molecule has 0 unspecified atom stereocenters. The van der Waals surface area contributed by atoms with Crippen LogP contribution in [0.15, 0.2) is 97.2 Å². The molecule has 2 aromatic heterocycles. The van der Waals surface area contributed by atoms with E-state index in [2.05, 4.69) is 21.9 Å². The predicted molar refractivity (Wildman–Crippen MR) is 174 cm³/mol. The Kier molecular flexibility index (Phi) is 7.78. The molecule has 2 atom stereocenters. The molecule has 4 amide bonds. The number of hydrogen-bond donors (Lipinski definition) is 2. The van der Waals surface area contributed by atoms with Crippen LogP contribution in [-0.4, -0.2) is 79.5 Å². The third-order valence-corrected chi connectivity index (χ3v) is 9.31. The number of nitrogens with zero attached hydrogens (tertiary/aromatic N) is 5. The van der Waals surface area contributed by atoms with Gasteiger partial charge >= 0.3 is 6.03 Å². The number of H-pyrrole nitrogens is 1. The highest BCUT2D eigenvalue weighted by Crippen LogP contribution is 2.31. The van der Waals surface area contributed by atoms with Gasteiger partial charge in [0.2, 0.25) is 11.8 Å². The van der Waals surface area contributed by atoms with E-state index in [1.54, 1.807) is 42.7 Å². The maximum atomic E-state index is 14.4. The Balaban J connectivity index is 1.25. The van der Waals surface area contributed by atoms with Gasteiger partial charge in [-0.1, -0.05) is 54.6 Å². The lowest BCUT2D eigenvalue weighted by Gasteiger charge is -2.55. The van der Waals surface area contributed by atoms with Gasteiger partial charge in [0.15, 0.2) is 0 Å². The van der Waals surface area contributed by atoms with Crippen LogP contribution in [0.1, 0.15) is 16.7 Å². The van der Waals surface area contributed by atoms with Crippen LogP contribution in [0.25, 0.3) is 21.1 Å². The number of fused-ring (bicyclic) bond motifs is 3. The molecule has 2 saturated heterocycles. The van der Waals surface area contributed by atoms with Crippen molar-refractivity contribution in [3.8, 4) is 0 Å². The van der Waals surface area contributed by atoms with Gasteiger partial charge in [-0.2, -0.15) is 0 Å². The zero-order valence-electron chi connectivity index (χ0n) is 24.6. The van der Waals surface area contributed by atoms with E-state index in [9.17, 15) is 14.4 Å². The van der Waals surface area contributed by atoms with Crippen molar-refractivity contribution in [2.24, 2.45) is 0 Å². The van der Waals surface area contributed by atoms with Crippen LogP contribution in [0.4, 0.5) is 4.79 Å².